The molecule has 4 nitrogen and oxygen atoms in total. The van der Waals surface area contributed by atoms with Gasteiger partial charge in [0.15, 0.2) is 0 Å². The van der Waals surface area contributed by atoms with Crippen molar-refractivity contribution in [3.05, 3.63) is 12.2 Å². The summed E-state index contributed by atoms with van der Waals surface area (Å²) in [6, 6.07) is 0. The van der Waals surface area contributed by atoms with Gasteiger partial charge < -0.3 is 14.6 Å². The molecule has 0 amide bonds. The maximum atomic E-state index is 11.8. The standard InChI is InChI=1S/C15H20O4/c1-7-8-4-5-14(2)9(16)6-10-15(3,19-10)12(14)11(8)18-13(7)17/h8-12,16H,1,4-6H2,2-3H3/t8-,9+,10-,11+,12-,14+,15-/m1/s1. The Morgan fingerprint density at radius 2 is 2.16 bits per heavy atom. The topological polar surface area (TPSA) is 59.1 Å². The lowest BCUT2D eigenvalue weighted by atomic mass is 9.52. The Morgan fingerprint density at radius 3 is 2.89 bits per heavy atom. The zero-order chi connectivity index (χ0) is 13.6. The van der Waals surface area contributed by atoms with Crippen LogP contribution in [-0.2, 0) is 14.3 Å². The van der Waals surface area contributed by atoms with E-state index in [2.05, 4.69) is 20.4 Å². The molecule has 0 aromatic rings. The summed E-state index contributed by atoms with van der Waals surface area (Å²) in [5.41, 5.74) is 0.156. The number of hydrogen-bond donors (Lipinski definition) is 1. The van der Waals surface area contributed by atoms with Crippen LogP contribution in [0.1, 0.15) is 33.1 Å². The van der Waals surface area contributed by atoms with Gasteiger partial charge in [0, 0.05) is 29.2 Å². The van der Waals surface area contributed by atoms with Crippen LogP contribution >= 0.6 is 0 Å². The molecule has 4 rings (SSSR count). The predicted molar refractivity (Wildman–Crippen MR) is 67.2 cm³/mol. The SMILES string of the molecule is C=C1C(=O)O[C@H]2[C@@H]1CC[C@]1(C)[C@@H]2[C@]2(C)O[C@@H]2C[C@@H]1O. The average Bonchev–Trinajstić information content (AvgIpc) is 2.90. The quantitative estimate of drug-likeness (QED) is 0.408. The van der Waals surface area contributed by atoms with Crippen LogP contribution in [0.2, 0.25) is 0 Å². The molecule has 4 heteroatoms. The van der Waals surface area contributed by atoms with E-state index >= 15 is 0 Å². The summed E-state index contributed by atoms with van der Waals surface area (Å²) in [6.45, 7) is 8.11. The molecule has 4 fully saturated rings. The van der Waals surface area contributed by atoms with E-state index in [1.54, 1.807) is 0 Å². The van der Waals surface area contributed by atoms with Crippen molar-refractivity contribution >= 4 is 5.97 Å². The van der Waals surface area contributed by atoms with Gasteiger partial charge in [-0.2, -0.15) is 0 Å². The van der Waals surface area contributed by atoms with Crippen molar-refractivity contribution in [2.45, 2.75) is 57.0 Å². The minimum Gasteiger partial charge on any atom is -0.458 e. The smallest absolute Gasteiger partial charge is 0.334 e. The highest BCUT2D eigenvalue weighted by Crippen LogP contribution is 2.65. The van der Waals surface area contributed by atoms with Crippen molar-refractivity contribution < 1.29 is 19.4 Å². The summed E-state index contributed by atoms with van der Waals surface area (Å²) in [7, 11) is 0. The van der Waals surface area contributed by atoms with Crippen LogP contribution in [0, 0.1) is 17.3 Å². The Kier molecular flexibility index (Phi) is 2.03. The van der Waals surface area contributed by atoms with E-state index < -0.39 is 0 Å². The maximum Gasteiger partial charge on any atom is 0.334 e. The number of fused-ring (bicyclic) bond motifs is 5. The number of aliphatic hydroxyl groups is 1. The minimum absolute atomic E-state index is 0.0794. The number of epoxide rings is 1. The number of rotatable bonds is 0. The van der Waals surface area contributed by atoms with Crippen molar-refractivity contribution in [1.82, 2.24) is 0 Å². The number of carbonyl (C=O) groups is 1. The molecule has 104 valence electrons. The normalized spacial score (nSPS) is 59.0. The van der Waals surface area contributed by atoms with E-state index in [-0.39, 0.29) is 47.1 Å². The number of carbonyl (C=O) groups excluding carboxylic acids is 1. The van der Waals surface area contributed by atoms with Gasteiger partial charge in [-0.15, -0.1) is 0 Å². The maximum absolute atomic E-state index is 11.8. The van der Waals surface area contributed by atoms with E-state index in [1.165, 1.54) is 0 Å². The molecule has 2 saturated heterocycles. The third kappa shape index (κ3) is 1.24. The zero-order valence-electron chi connectivity index (χ0n) is 11.4. The van der Waals surface area contributed by atoms with Crippen LogP contribution in [0.15, 0.2) is 12.2 Å². The van der Waals surface area contributed by atoms with E-state index in [4.69, 9.17) is 9.47 Å². The fraction of sp³-hybridized carbons (Fsp3) is 0.800. The summed E-state index contributed by atoms with van der Waals surface area (Å²) in [6.07, 6.45) is 2.07. The first-order chi connectivity index (χ1) is 8.88. The second-order valence-electron chi connectivity index (χ2n) is 7.07. The number of esters is 1. The Labute approximate surface area is 112 Å². The van der Waals surface area contributed by atoms with Gasteiger partial charge in [0.05, 0.1) is 17.8 Å². The van der Waals surface area contributed by atoms with Crippen LogP contribution in [0.25, 0.3) is 0 Å². The molecule has 1 N–H and O–H groups in total. The summed E-state index contributed by atoms with van der Waals surface area (Å²) < 4.78 is 11.5. The number of aliphatic hydroxyl groups excluding tert-OH is 1. The molecule has 0 bridgehead atoms. The lowest BCUT2D eigenvalue weighted by Gasteiger charge is -2.52. The van der Waals surface area contributed by atoms with Crippen LogP contribution in [0.3, 0.4) is 0 Å². The predicted octanol–water partition coefficient (Wildman–Crippen LogP) is 1.42. The molecule has 0 aromatic carbocycles. The van der Waals surface area contributed by atoms with Crippen LogP contribution in [0.5, 0.6) is 0 Å². The van der Waals surface area contributed by atoms with Gasteiger partial charge in [-0.25, -0.2) is 4.79 Å². The van der Waals surface area contributed by atoms with E-state index in [1.807, 2.05) is 0 Å². The molecule has 0 radical (unpaired) electrons. The third-order valence-electron chi connectivity index (χ3n) is 6.18. The first-order valence-corrected chi connectivity index (χ1v) is 7.13. The van der Waals surface area contributed by atoms with Gasteiger partial charge in [0.25, 0.3) is 0 Å². The number of ether oxygens (including phenoxy) is 2. The van der Waals surface area contributed by atoms with E-state index in [9.17, 15) is 9.90 Å². The second kappa shape index (κ2) is 3.23. The largest absolute Gasteiger partial charge is 0.458 e. The molecule has 2 saturated carbocycles. The Balaban J connectivity index is 1.78. The molecule has 4 aliphatic rings. The second-order valence-corrected chi connectivity index (χ2v) is 7.07. The molecule has 19 heavy (non-hydrogen) atoms. The van der Waals surface area contributed by atoms with Gasteiger partial charge in [0.1, 0.15) is 6.10 Å². The monoisotopic (exact) mass is 264 g/mol. The molecule has 2 heterocycles. The van der Waals surface area contributed by atoms with Gasteiger partial charge >= 0.3 is 5.97 Å². The van der Waals surface area contributed by atoms with Crippen molar-refractivity contribution in [1.29, 1.82) is 0 Å². The van der Waals surface area contributed by atoms with Crippen molar-refractivity contribution in [2.24, 2.45) is 17.3 Å². The van der Waals surface area contributed by atoms with Crippen molar-refractivity contribution in [3.8, 4) is 0 Å². The fourth-order valence-corrected chi connectivity index (χ4v) is 4.92. The molecular weight excluding hydrogens is 244 g/mol. The van der Waals surface area contributed by atoms with Crippen LogP contribution in [0.4, 0.5) is 0 Å². The first-order valence-electron chi connectivity index (χ1n) is 7.13. The molecule has 0 spiro atoms. The molecule has 7 atom stereocenters. The highest BCUT2D eigenvalue weighted by molar-refractivity contribution is 5.91. The third-order valence-corrected chi connectivity index (χ3v) is 6.18. The lowest BCUT2D eigenvalue weighted by molar-refractivity contribution is -0.161. The highest BCUT2D eigenvalue weighted by atomic mass is 16.6. The van der Waals surface area contributed by atoms with Gasteiger partial charge in [-0.1, -0.05) is 13.5 Å². The van der Waals surface area contributed by atoms with Gasteiger partial charge in [0.2, 0.25) is 0 Å². The molecular formula is C15H20O4. The van der Waals surface area contributed by atoms with E-state index in [0.717, 1.165) is 12.8 Å². The van der Waals surface area contributed by atoms with E-state index in [0.29, 0.717) is 12.0 Å². The Morgan fingerprint density at radius 1 is 1.42 bits per heavy atom. The summed E-state index contributed by atoms with van der Waals surface area (Å²) in [5.74, 6) is -0.0756. The van der Waals surface area contributed by atoms with Crippen LogP contribution in [-0.4, -0.2) is 35.0 Å². The lowest BCUT2D eigenvalue weighted by Crippen LogP contribution is -2.59. The summed E-state index contributed by atoms with van der Waals surface area (Å²) >= 11 is 0. The molecule has 2 aliphatic heterocycles. The summed E-state index contributed by atoms with van der Waals surface area (Å²) in [5, 5.41) is 10.5. The molecule has 0 unspecified atom stereocenters. The van der Waals surface area contributed by atoms with Gasteiger partial charge in [-0.05, 0) is 19.8 Å². The van der Waals surface area contributed by atoms with Crippen molar-refractivity contribution in [2.75, 3.05) is 0 Å². The summed E-state index contributed by atoms with van der Waals surface area (Å²) in [4.78, 5) is 11.8. The minimum atomic E-state index is -0.369. The molecule has 0 aromatic heterocycles. The highest BCUT2D eigenvalue weighted by Gasteiger charge is 2.73. The zero-order valence-corrected chi connectivity index (χ0v) is 11.4. The van der Waals surface area contributed by atoms with Crippen LogP contribution < -0.4 is 0 Å². The Hall–Kier alpha value is -0.870. The van der Waals surface area contributed by atoms with Crippen molar-refractivity contribution in [3.63, 3.8) is 0 Å². The molecule has 2 aliphatic carbocycles. The van der Waals surface area contributed by atoms with Gasteiger partial charge in [-0.3, -0.25) is 0 Å². The first kappa shape index (κ1) is 11.9. The number of hydrogen-bond acceptors (Lipinski definition) is 4. The fourth-order valence-electron chi connectivity index (χ4n) is 4.92. The average molecular weight is 264 g/mol. The Bertz CT molecular complexity index is 487.